The number of benzene rings is 1. The van der Waals surface area contributed by atoms with E-state index in [1.54, 1.807) is 0 Å². The van der Waals surface area contributed by atoms with Crippen molar-refractivity contribution in [3.8, 4) is 5.75 Å². The van der Waals surface area contributed by atoms with Crippen molar-refractivity contribution in [1.82, 2.24) is 10.2 Å². The zero-order valence-corrected chi connectivity index (χ0v) is 17.9. The van der Waals surface area contributed by atoms with Crippen molar-refractivity contribution in [2.24, 2.45) is 5.92 Å². The molecule has 6 heteroatoms. The Hall–Kier alpha value is -1.30. The van der Waals surface area contributed by atoms with Crippen molar-refractivity contribution in [1.29, 1.82) is 0 Å². The van der Waals surface area contributed by atoms with Gasteiger partial charge < -0.3 is 10.1 Å². The molecule has 0 saturated carbocycles. The Morgan fingerprint density at radius 2 is 2.04 bits per heavy atom. The largest absolute Gasteiger partial charge is 0.488 e. The van der Waals surface area contributed by atoms with Gasteiger partial charge in [0, 0.05) is 11.6 Å². The maximum Gasteiger partial charge on any atom is 0.261 e. The predicted molar refractivity (Wildman–Crippen MR) is 112 cm³/mol. The van der Waals surface area contributed by atoms with Crippen molar-refractivity contribution < 1.29 is 9.53 Å². The molecule has 0 unspecified atom stereocenters. The molecule has 3 saturated heterocycles. The van der Waals surface area contributed by atoms with E-state index in [2.05, 4.69) is 24.1 Å². The fraction of sp³-hybridized carbons (Fsp3) is 0.571. The Morgan fingerprint density at radius 3 is 2.67 bits per heavy atom. The molecule has 3 aliphatic rings. The maximum absolute atomic E-state index is 13.1. The lowest BCUT2D eigenvalue weighted by atomic mass is 9.72. The molecule has 0 spiro atoms. The Balaban J connectivity index is 1.62. The second-order valence-corrected chi connectivity index (χ2v) is 9.96. The van der Waals surface area contributed by atoms with Crippen LogP contribution in [-0.4, -0.2) is 41.6 Å². The lowest BCUT2D eigenvalue weighted by Gasteiger charge is -2.56. The number of carbonyl (C=O) groups is 1. The molecule has 4 nitrogen and oxygen atoms in total. The number of hydrogen-bond donors (Lipinski definition) is 1. The smallest absolute Gasteiger partial charge is 0.261 e. The van der Waals surface area contributed by atoms with E-state index < -0.39 is 0 Å². The summed E-state index contributed by atoms with van der Waals surface area (Å²) in [7, 11) is 0. The van der Waals surface area contributed by atoms with E-state index in [-0.39, 0.29) is 23.6 Å². The van der Waals surface area contributed by atoms with Crippen LogP contribution in [0.5, 0.6) is 5.75 Å². The first-order chi connectivity index (χ1) is 12.8. The van der Waals surface area contributed by atoms with Crippen LogP contribution in [0.2, 0.25) is 5.02 Å². The third-order valence-corrected chi connectivity index (χ3v) is 7.49. The highest BCUT2D eigenvalue weighted by Crippen LogP contribution is 2.41. The fourth-order valence-electron chi connectivity index (χ4n) is 4.60. The van der Waals surface area contributed by atoms with Crippen molar-refractivity contribution in [2.75, 3.05) is 13.1 Å². The van der Waals surface area contributed by atoms with Crippen LogP contribution in [0.25, 0.3) is 10.1 Å². The lowest BCUT2D eigenvalue weighted by molar-refractivity contribution is -0.0377. The van der Waals surface area contributed by atoms with E-state index >= 15 is 0 Å². The van der Waals surface area contributed by atoms with Gasteiger partial charge in [-0.25, -0.2) is 0 Å². The maximum atomic E-state index is 13.1. The normalized spacial score (nSPS) is 26.5. The minimum Gasteiger partial charge on any atom is -0.488 e. The molecule has 27 heavy (non-hydrogen) atoms. The van der Waals surface area contributed by atoms with E-state index in [9.17, 15) is 4.79 Å². The van der Waals surface area contributed by atoms with Gasteiger partial charge in [0.2, 0.25) is 0 Å². The molecule has 4 heterocycles. The topological polar surface area (TPSA) is 41.6 Å². The molecule has 146 valence electrons. The van der Waals surface area contributed by atoms with Gasteiger partial charge in [0.25, 0.3) is 5.91 Å². The number of carbonyl (C=O) groups excluding carboxylic acids is 1. The number of rotatable bonds is 4. The predicted octanol–water partition coefficient (Wildman–Crippen LogP) is 4.94. The van der Waals surface area contributed by atoms with Crippen LogP contribution in [0.3, 0.4) is 0 Å². The minimum absolute atomic E-state index is 0.00271. The average Bonchev–Trinajstić information content (AvgIpc) is 3.05. The summed E-state index contributed by atoms with van der Waals surface area (Å²) in [5, 5.41) is 4.93. The van der Waals surface area contributed by atoms with E-state index in [0.717, 1.165) is 23.2 Å². The van der Waals surface area contributed by atoms with Gasteiger partial charge in [0.15, 0.2) is 5.75 Å². The number of piperidine rings is 3. The number of ether oxygens (including phenoxy) is 1. The average molecular weight is 407 g/mol. The summed E-state index contributed by atoms with van der Waals surface area (Å²) < 4.78 is 6.85. The molecule has 3 fully saturated rings. The first kappa shape index (κ1) is 19.0. The SMILES string of the molecule is CC(C)Oc1c(Cl)ccc2cc(C(=O)N[C@H]3C4CCN(CC4)C3(C)C)sc12. The van der Waals surface area contributed by atoms with Crippen LogP contribution in [0.4, 0.5) is 0 Å². The van der Waals surface area contributed by atoms with E-state index in [0.29, 0.717) is 21.6 Å². The highest BCUT2D eigenvalue weighted by atomic mass is 35.5. The van der Waals surface area contributed by atoms with Crippen LogP contribution in [0.1, 0.15) is 50.2 Å². The number of nitrogens with zero attached hydrogens (tertiary/aromatic N) is 1. The molecular weight excluding hydrogens is 380 g/mol. The summed E-state index contributed by atoms with van der Waals surface area (Å²) >= 11 is 7.81. The van der Waals surface area contributed by atoms with E-state index in [1.807, 2.05) is 32.0 Å². The van der Waals surface area contributed by atoms with Crippen LogP contribution in [-0.2, 0) is 0 Å². The van der Waals surface area contributed by atoms with Crippen LogP contribution < -0.4 is 10.1 Å². The zero-order chi connectivity index (χ0) is 19.3. The van der Waals surface area contributed by atoms with Gasteiger partial charge in [0.05, 0.1) is 20.7 Å². The summed E-state index contributed by atoms with van der Waals surface area (Å²) in [6.07, 6.45) is 2.37. The van der Waals surface area contributed by atoms with Crippen LogP contribution >= 0.6 is 22.9 Å². The molecule has 1 aromatic heterocycles. The van der Waals surface area contributed by atoms with E-state index in [1.165, 1.54) is 24.2 Å². The minimum atomic E-state index is 0.00271. The lowest BCUT2D eigenvalue weighted by Crippen LogP contribution is -2.69. The van der Waals surface area contributed by atoms with Gasteiger partial charge in [-0.3, -0.25) is 9.69 Å². The monoisotopic (exact) mass is 406 g/mol. The second kappa shape index (κ2) is 6.94. The van der Waals surface area contributed by atoms with Crippen LogP contribution in [0.15, 0.2) is 18.2 Å². The Morgan fingerprint density at radius 1 is 1.33 bits per heavy atom. The number of amides is 1. The standard InChI is InChI=1S/C21H27ClN2O2S/c1-12(2)26-17-15(22)6-5-14-11-16(27-18(14)17)20(25)23-19-13-7-9-24(10-8-13)21(19,3)4/h5-6,11-13,19H,7-10H2,1-4H3,(H,23,25)/t19-/m0/s1. The Bertz CT molecular complexity index is 868. The van der Waals surface area contributed by atoms with Crippen molar-refractivity contribution >= 4 is 38.9 Å². The molecule has 5 rings (SSSR count). The van der Waals surface area contributed by atoms with Gasteiger partial charge in [0.1, 0.15) is 0 Å². The summed E-state index contributed by atoms with van der Waals surface area (Å²) in [4.78, 5) is 16.3. The highest BCUT2D eigenvalue weighted by molar-refractivity contribution is 7.21. The highest BCUT2D eigenvalue weighted by Gasteiger charge is 2.48. The molecule has 1 aromatic carbocycles. The number of fused-ring (bicyclic) bond motifs is 4. The molecule has 3 aliphatic heterocycles. The number of nitrogens with one attached hydrogen (secondary N) is 1. The summed E-state index contributed by atoms with van der Waals surface area (Å²) in [6, 6.07) is 5.93. The summed E-state index contributed by atoms with van der Waals surface area (Å²) in [5.41, 5.74) is 0.00271. The van der Waals surface area contributed by atoms with Gasteiger partial charge in [-0.05, 0) is 77.1 Å². The second-order valence-electron chi connectivity index (χ2n) is 8.50. The molecule has 1 atom stereocenters. The first-order valence-electron chi connectivity index (χ1n) is 9.72. The molecule has 2 aromatic rings. The fourth-order valence-corrected chi connectivity index (χ4v) is 5.91. The molecular formula is C21H27ClN2O2S. The third-order valence-electron chi connectivity index (χ3n) is 6.04. The van der Waals surface area contributed by atoms with Crippen molar-refractivity contribution in [3.63, 3.8) is 0 Å². The molecule has 0 radical (unpaired) electrons. The Kier molecular flexibility index (Phi) is 4.90. The van der Waals surface area contributed by atoms with Crippen molar-refractivity contribution in [2.45, 2.75) is 58.2 Å². The molecule has 1 N–H and O–H groups in total. The summed E-state index contributed by atoms with van der Waals surface area (Å²) in [5.74, 6) is 1.25. The number of hydrogen-bond acceptors (Lipinski definition) is 4. The Labute approximate surface area is 169 Å². The summed E-state index contributed by atoms with van der Waals surface area (Å²) in [6.45, 7) is 10.7. The molecule has 1 amide bonds. The van der Waals surface area contributed by atoms with Crippen molar-refractivity contribution in [3.05, 3.63) is 28.1 Å². The zero-order valence-electron chi connectivity index (χ0n) is 16.3. The molecule has 2 bridgehead atoms. The number of thiophene rings is 1. The van der Waals surface area contributed by atoms with E-state index in [4.69, 9.17) is 16.3 Å². The van der Waals surface area contributed by atoms with Gasteiger partial charge in [-0.15, -0.1) is 11.3 Å². The van der Waals surface area contributed by atoms with Crippen LogP contribution in [0, 0.1) is 5.92 Å². The van der Waals surface area contributed by atoms with Gasteiger partial charge >= 0.3 is 0 Å². The number of halogens is 1. The van der Waals surface area contributed by atoms with Gasteiger partial charge in [-0.1, -0.05) is 17.7 Å². The van der Waals surface area contributed by atoms with Gasteiger partial charge in [-0.2, -0.15) is 0 Å². The third kappa shape index (κ3) is 3.34. The molecule has 0 aliphatic carbocycles. The first-order valence-corrected chi connectivity index (χ1v) is 10.9. The quantitative estimate of drug-likeness (QED) is 0.781.